The second-order valence-electron chi connectivity index (χ2n) is 7.66. The van der Waals surface area contributed by atoms with Gasteiger partial charge in [-0.25, -0.2) is 4.79 Å². The minimum Gasteiger partial charge on any atom is -0.423 e. The first-order valence-electron chi connectivity index (χ1n) is 9.85. The Labute approximate surface area is 159 Å². The van der Waals surface area contributed by atoms with Crippen molar-refractivity contribution in [1.29, 1.82) is 0 Å². The predicted molar refractivity (Wildman–Crippen MR) is 106 cm³/mol. The molecule has 0 spiro atoms. The molecular formula is C21H27ClN2O2. The third-order valence-electron chi connectivity index (χ3n) is 5.92. The lowest BCUT2D eigenvalue weighted by Crippen LogP contribution is -2.39. The summed E-state index contributed by atoms with van der Waals surface area (Å²) in [6.07, 6.45) is 5.96. The Balaban J connectivity index is 1.61. The van der Waals surface area contributed by atoms with Crippen LogP contribution in [-0.4, -0.2) is 42.0 Å². The Bertz CT molecular complexity index is 842. The van der Waals surface area contributed by atoms with Gasteiger partial charge in [0.15, 0.2) is 0 Å². The summed E-state index contributed by atoms with van der Waals surface area (Å²) in [5.41, 5.74) is 2.44. The van der Waals surface area contributed by atoms with Gasteiger partial charge in [0.2, 0.25) is 0 Å². The van der Waals surface area contributed by atoms with E-state index >= 15 is 0 Å². The molecule has 1 atom stereocenters. The fourth-order valence-electron chi connectivity index (χ4n) is 4.48. The molecule has 4 rings (SSSR count). The van der Waals surface area contributed by atoms with E-state index in [4.69, 9.17) is 16.0 Å². The van der Waals surface area contributed by atoms with Gasteiger partial charge >= 0.3 is 5.63 Å². The van der Waals surface area contributed by atoms with E-state index in [1.807, 2.05) is 12.1 Å². The van der Waals surface area contributed by atoms with Gasteiger partial charge in [-0.1, -0.05) is 18.5 Å². The average molecular weight is 375 g/mol. The van der Waals surface area contributed by atoms with Crippen LogP contribution in [0.5, 0.6) is 0 Å². The molecule has 140 valence electrons. The van der Waals surface area contributed by atoms with Crippen LogP contribution in [0.1, 0.15) is 43.7 Å². The lowest BCUT2D eigenvalue weighted by molar-refractivity contribution is 0.185. The monoisotopic (exact) mass is 374 g/mol. The van der Waals surface area contributed by atoms with Crippen molar-refractivity contribution in [2.45, 2.75) is 51.6 Å². The maximum atomic E-state index is 12.1. The Morgan fingerprint density at radius 2 is 1.92 bits per heavy atom. The van der Waals surface area contributed by atoms with Gasteiger partial charge in [0.1, 0.15) is 5.58 Å². The lowest BCUT2D eigenvalue weighted by Gasteiger charge is -2.28. The van der Waals surface area contributed by atoms with Gasteiger partial charge in [-0.3, -0.25) is 4.90 Å². The molecule has 2 aromatic rings. The molecule has 0 N–H and O–H groups in total. The van der Waals surface area contributed by atoms with Gasteiger partial charge in [-0.05, 0) is 75.0 Å². The minimum absolute atomic E-state index is 0.271. The number of fused-ring (bicyclic) bond motifs is 1. The summed E-state index contributed by atoms with van der Waals surface area (Å²) in [4.78, 5) is 17.2. The van der Waals surface area contributed by atoms with Crippen molar-refractivity contribution in [2.24, 2.45) is 0 Å². The smallest absolute Gasteiger partial charge is 0.336 e. The summed E-state index contributed by atoms with van der Waals surface area (Å²) in [6.45, 7) is 7.57. The largest absolute Gasteiger partial charge is 0.423 e. The highest BCUT2D eigenvalue weighted by molar-refractivity contribution is 6.32. The van der Waals surface area contributed by atoms with E-state index in [0.29, 0.717) is 11.6 Å². The number of nitrogens with zero attached hydrogens (tertiary/aromatic N) is 2. The first-order chi connectivity index (χ1) is 12.6. The molecule has 2 aliphatic heterocycles. The molecule has 2 aliphatic rings. The summed E-state index contributed by atoms with van der Waals surface area (Å²) >= 11 is 6.43. The topological polar surface area (TPSA) is 36.7 Å². The summed E-state index contributed by atoms with van der Waals surface area (Å²) in [6, 6.07) is 6.13. The lowest BCUT2D eigenvalue weighted by atomic mass is 10.1. The second kappa shape index (κ2) is 7.71. The Morgan fingerprint density at radius 1 is 1.12 bits per heavy atom. The first-order valence-corrected chi connectivity index (χ1v) is 10.2. The van der Waals surface area contributed by atoms with Crippen LogP contribution in [0.2, 0.25) is 5.02 Å². The highest BCUT2D eigenvalue weighted by Crippen LogP contribution is 2.29. The van der Waals surface area contributed by atoms with Crippen molar-refractivity contribution in [2.75, 3.05) is 26.2 Å². The highest BCUT2D eigenvalue weighted by Gasteiger charge is 2.28. The zero-order valence-electron chi connectivity index (χ0n) is 15.5. The molecule has 1 aromatic heterocycles. The highest BCUT2D eigenvalue weighted by atomic mass is 35.5. The van der Waals surface area contributed by atoms with E-state index in [9.17, 15) is 4.79 Å². The summed E-state index contributed by atoms with van der Waals surface area (Å²) in [5, 5.41) is 1.73. The average Bonchev–Trinajstić information content (AvgIpc) is 3.28. The van der Waals surface area contributed by atoms with E-state index in [1.165, 1.54) is 38.8 Å². The molecule has 5 heteroatoms. The van der Waals surface area contributed by atoms with Gasteiger partial charge in [-0.2, -0.15) is 0 Å². The van der Waals surface area contributed by atoms with Crippen LogP contribution < -0.4 is 5.63 Å². The minimum atomic E-state index is -0.271. The maximum absolute atomic E-state index is 12.1. The van der Waals surface area contributed by atoms with Crippen LogP contribution in [0.4, 0.5) is 0 Å². The van der Waals surface area contributed by atoms with Crippen molar-refractivity contribution in [3.05, 3.63) is 44.8 Å². The SMILES string of the molecule is CCc1cc2oc(=O)cc(CN3CCCC3CN3CCCC3)c2cc1Cl. The molecule has 0 radical (unpaired) electrons. The van der Waals surface area contributed by atoms with E-state index < -0.39 is 0 Å². The zero-order chi connectivity index (χ0) is 18.1. The van der Waals surface area contributed by atoms with E-state index in [0.717, 1.165) is 47.6 Å². The van der Waals surface area contributed by atoms with Crippen molar-refractivity contribution in [1.82, 2.24) is 9.80 Å². The zero-order valence-corrected chi connectivity index (χ0v) is 16.2. The van der Waals surface area contributed by atoms with Crippen LogP contribution in [0.15, 0.2) is 27.4 Å². The number of halogens is 1. The number of hydrogen-bond acceptors (Lipinski definition) is 4. The standard InChI is InChI=1S/C21H27ClN2O2/c1-2-15-10-20-18(12-19(15)22)16(11-21(25)26-20)13-24-9-5-6-17(24)14-23-7-3-4-8-23/h10-12,17H,2-9,13-14H2,1H3. The predicted octanol–water partition coefficient (Wildman–Crippen LogP) is 4.07. The molecule has 0 amide bonds. The maximum Gasteiger partial charge on any atom is 0.336 e. The summed E-state index contributed by atoms with van der Waals surface area (Å²) in [7, 11) is 0. The van der Waals surface area contributed by atoms with Crippen molar-refractivity contribution >= 4 is 22.6 Å². The fourth-order valence-corrected chi connectivity index (χ4v) is 4.78. The van der Waals surface area contributed by atoms with Crippen LogP contribution in [0, 0.1) is 0 Å². The van der Waals surface area contributed by atoms with Gasteiger partial charge < -0.3 is 9.32 Å². The van der Waals surface area contributed by atoms with Crippen molar-refractivity contribution in [3.63, 3.8) is 0 Å². The van der Waals surface area contributed by atoms with E-state index in [2.05, 4.69) is 16.7 Å². The van der Waals surface area contributed by atoms with Crippen LogP contribution >= 0.6 is 11.6 Å². The number of likely N-dealkylation sites (tertiary alicyclic amines) is 2. The van der Waals surface area contributed by atoms with Crippen molar-refractivity contribution < 1.29 is 4.42 Å². The van der Waals surface area contributed by atoms with Gasteiger partial charge in [0.05, 0.1) is 0 Å². The van der Waals surface area contributed by atoms with Gasteiger partial charge in [0.25, 0.3) is 0 Å². The van der Waals surface area contributed by atoms with Gasteiger partial charge in [0, 0.05) is 35.6 Å². The summed E-state index contributed by atoms with van der Waals surface area (Å²) < 4.78 is 5.46. The quantitative estimate of drug-likeness (QED) is 0.739. The molecule has 0 bridgehead atoms. The first kappa shape index (κ1) is 18.0. The summed E-state index contributed by atoms with van der Waals surface area (Å²) in [5.74, 6) is 0. The Hall–Kier alpha value is -1.36. The molecule has 1 aromatic carbocycles. The number of aryl methyl sites for hydroxylation is 1. The molecule has 2 saturated heterocycles. The molecule has 0 saturated carbocycles. The number of hydrogen-bond donors (Lipinski definition) is 0. The molecule has 1 unspecified atom stereocenters. The van der Waals surface area contributed by atoms with E-state index in [1.54, 1.807) is 6.07 Å². The third-order valence-corrected chi connectivity index (χ3v) is 6.27. The molecule has 0 aliphatic carbocycles. The van der Waals surface area contributed by atoms with Crippen LogP contribution in [0.25, 0.3) is 11.0 Å². The fraction of sp³-hybridized carbons (Fsp3) is 0.571. The Morgan fingerprint density at radius 3 is 2.69 bits per heavy atom. The molecular weight excluding hydrogens is 348 g/mol. The number of rotatable bonds is 5. The number of benzene rings is 1. The molecule has 4 nitrogen and oxygen atoms in total. The normalized spacial score (nSPS) is 21.8. The molecule has 26 heavy (non-hydrogen) atoms. The van der Waals surface area contributed by atoms with Crippen LogP contribution in [0.3, 0.4) is 0 Å². The third kappa shape index (κ3) is 3.68. The Kier molecular flexibility index (Phi) is 5.35. The van der Waals surface area contributed by atoms with Crippen LogP contribution in [-0.2, 0) is 13.0 Å². The van der Waals surface area contributed by atoms with Gasteiger partial charge in [-0.15, -0.1) is 0 Å². The van der Waals surface area contributed by atoms with Crippen molar-refractivity contribution in [3.8, 4) is 0 Å². The molecule has 2 fully saturated rings. The second-order valence-corrected chi connectivity index (χ2v) is 8.07. The van der Waals surface area contributed by atoms with E-state index in [-0.39, 0.29) is 5.63 Å². The molecule has 3 heterocycles.